The lowest BCUT2D eigenvalue weighted by Gasteiger charge is -2.16. The van der Waals surface area contributed by atoms with Crippen LogP contribution in [0.1, 0.15) is 41.4 Å². The number of fused-ring (bicyclic) bond motifs is 8. The van der Waals surface area contributed by atoms with Crippen molar-refractivity contribution < 1.29 is 19.2 Å². The summed E-state index contributed by atoms with van der Waals surface area (Å²) in [4.78, 5) is 58.9. The molecule has 4 amide bonds. The van der Waals surface area contributed by atoms with E-state index < -0.39 is 0 Å². The Balaban J connectivity index is 0.845. The van der Waals surface area contributed by atoms with E-state index in [0.29, 0.717) is 45.0 Å². The smallest absolute Gasteiger partial charge is 0.268 e. The van der Waals surface area contributed by atoms with Crippen molar-refractivity contribution >= 4 is 78.6 Å². The molecule has 4 heterocycles. The summed E-state index contributed by atoms with van der Waals surface area (Å²) < 4.78 is 4.13. The quantitative estimate of drug-likeness (QED) is 0.163. The highest BCUT2D eigenvalue weighted by molar-refractivity contribution is 6.37. The van der Waals surface area contributed by atoms with E-state index in [2.05, 4.69) is 33.4 Å². The topological polar surface area (TPSA) is 84.6 Å². The molecule has 0 saturated carbocycles. The molecule has 12 rings (SSSR count). The average molecular weight is 775 g/mol. The molecule has 0 aliphatic carbocycles. The fourth-order valence-corrected chi connectivity index (χ4v) is 9.35. The second kappa shape index (κ2) is 12.6. The van der Waals surface area contributed by atoms with Crippen LogP contribution in [0.2, 0.25) is 0 Å². The molecular weight excluding hydrogens is 745 g/mol. The van der Waals surface area contributed by atoms with Crippen LogP contribution in [-0.4, -0.2) is 32.8 Å². The van der Waals surface area contributed by atoms with Crippen LogP contribution < -0.4 is 9.80 Å². The van der Waals surface area contributed by atoms with Gasteiger partial charge in [0, 0.05) is 21.5 Å². The maximum Gasteiger partial charge on any atom is 0.268 e. The molecule has 0 saturated heterocycles. The Morgan fingerprint density at radius 2 is 0.600 bits per heavy atom. The summed E-state index contributed by atoms with van der Waals surface area (Å²) in [7, 11) is 0. The van der Waals surface area contributed by atoms with Gasteiger partial charge in [0.05, 0.1) is 67.1 Å². The first kappa shape index (κ1) is 33.7. The van der Waals surface area contributed by atoms with Crippen LogP contribution in [0.3, 0.4) is 0 Å². The highest BCUT2D eigenvalue weighted by atomic mass is 16.2. The van der Waals surface area contributed by atoms with Gasteiger partial charge in [0.1, 0.15) is 0 Å². The number of anilines is 2. The van der Waals surface area contributed by atoms with Gasteiger partial charge < -0.3 is 9.13 Å². The number of rotatable bonds is 5. The fraction of sp³-hybridized carbons (Fsp3) is 0. The van der Waals surface area contributed by atoms with E-state index >= 15 is 0 Å². The van der Waals surface area contributed by atoms with Crippen LogP contribution in [0.5, 0.6) is 0 Å². The standard InChI is InChI=1S/C52H30N4O4/c57-49-39-15-9-21-45(55-41-17-5-1-11-35(41)36-12-2-6-18-42(36)55)47(39)51(59)53(49)33-27-23-31(24-28-33)32-25-29-34(30-26-32)54-50(58)40-16-10-22-46(48(40)52(54)60)56-43-19-7-3-13-37(43)38-14-4-8-20-44(38)56/h1-30H. The molecule has 0 bridgehead atoms. The van der Waals surface area contributed by atoms with Crippen molar-refractivity contribution in [3.05, 3.63) is 204 Å². The lowest BCUT2D eigenvalue weighted by Crippen LogP contribution is -2.29. The van der Waals surface area contributed by atoms with E-state index in [1.165, 1.54) is 9.80 Å². The van der Waals surface area contributed by atoms with E-state index in [-0.39, 0.29) is 23.6 Å². The van der Waals surface area contributed by atoms with Gasteiger partial charge in [0.2, 0.25) is 0 Å². The molecule has 2 aliphatic heterocycles. The zero-order chi connectivity index (χ0) is 40.2. The predicted molar refractivity (Wildman–Crippen MR) is 236 cm³/mol. The van der Waals surface area contributed by atoms with Crippen LogP contribution in [0.25, 0.3) is 66.1 Å². The van der Waals surface area contributed by atoms with Gasteiger partial charge in [0.25, 0.3) is 23.6 Å². The summed E-state index contributed by atoms with van der Waals surface area (Å²) in [5.74, 6) is -1.52. The second-order valence-corrected chi connectivity index (χ2v) is 15.1. The zero-order valence-electron chi connectivity index (χ0n) is 31.7. The Bertz CT molecular complexity index is 3180. The van der Waals surface area contributed by atoms with Gasteiger partial charge in [-0.3, -0.25) is 19.2 Å². The van der Waals surface area contributed by atoms with E-state index in [1.807, 2.05) is 121 Å². The summed E-state index contributed by atoms with van der Waals surface area (Å²) >= 11 is 0. The maximum atomic E-state index is 14.3. The summed E-state index contributed by atoms with van der Waals surface area (Å²) in [6.45, 7) is 0. The number of amides is 4. The molecule has 2 aliphatic rings. The zero-order valence-corrected chi connectivity index (χ0v) is 31.7. The number of nitrogens with zero attached hydrogens (tertiary/aromatic N) is 4. The number of imide groups is 2. The SMILES string of the molecule is O=C1c2cccc(-n3c4ccccc4c4ccccc43)c2C(=O)N1c1ccc(-c2ccc(N3C(=O)c4cccc(-n5c6ccccc6c6ccccc65)c4C3=O)cc2)cc1. The maximum absolute atomic E-state index is 14.3. The van der Waals surface area contributed by atoms with Gasteiger partial charge in [0.15, 0.2) is 0 Å². The van der Waals surface area contributed by atoms with Crippen molar-refractivity contribution in [1.29, 1.82) is 0 Å². The van der Waals surface area contributed by atoms with Crippen molar-refractivity contribution in [1.82, 2.24) is 9.13 Å². The first-order valence-electron chi connectivity index (χ1n) is 19.7. The van der Waals surface area contributed by atoms with Crippen molar-refractivity contribution in [3.63, 3.8) is 0 Å². The Hall–Kier alpha value is -8.36. The highest BCUT2D eigenvalue weighted by Crippen LogP contribution is 2.40. The molecule has 282 valence electrons. The minimum Gasteiger partial charge on any atom is -0.308 e. The van der Waals surface area contributed by atoms with E-state index in [4.69, 9.17) is 0 Å². The van der Waals surface area contributed by atoms with Gasteiger partial charge in [-0.1, -0.05) is 109 Å². The molecule has 8 heteroatoms. The van der Waals surface area contributed by atoms with Crippen LogP contribution in [0.4, 0.5) is 11.4 Å². The number of carbonyl (C=O) groups is 4. The largest absolute Gasteiger partial charge is 0.308 e. The number of hydrogen-bond donors (Lipinski definition) is 0. The van der Waals surface area contributed by atoms with Crippen molar-refractivity contribution in [2.24, 2.45) is 0 Å². The number of para-hydroxylation sites is 4. The molecule has 0 N–H and O–H groups in total. The third kappa shape index (κ3) is 4.61. The predicted octanol–water partition coefficient (Wildman–Crippen LogP) is 11.1. The monoisotopic (exact) mass is 774 g/mol. The molecule has 60 heavy (non-hydrogen) atoms. The molecule has 0 spiro atoms. The fourth-order valence-electron chi connectivity index (χ4n) is 9.35. The van der Waals surface area contributed by atoms with Gasteiger partial charge in [-0.2, -0.15) is 0 Å². The van der Waals surface area contributed by atoms with Gasteiger partial charge >= 0.3 is 0 Å². The van der Waals surface area contributed by atoms with Crippen molar-refractivity contribution in [2.75, 3.05) is 9.80 Å². The number of aromatic nitrogens is 2. The van der Waals surface area contributed by atoms with Gasteiger partial charge in [-0.15, -0.1) is 0 Å². The lowest BCUT2D eigenvalue weighted by atomic mass is 10.0. The van der Waals surface area contributed by atoms with Crippen LogP contribution in [0.15, 0.2) is 182 Å². The number of benzene rings is 8. The van der Waals surface area contributed by atoms with Gasteiger partial charge in [-0.25, -0.2) is 9.80 Å². The number of hydrogen-bond acceptors (Lipinski definition) is 4. The van der Waals surface area contributed by atoms with E-state index in [1.54, 1.807) is 36.4 Å². The Labute approximate surface area is 342 Å². The summed E-state index contributed by atoms with van der Waals surface area (Å²) in [5.41, 5.74) is 9.15. The molecule has 0 fully saturated rings. The van der Waals surface area contributed by atoms with Crippen LogP contribution in [-0.2, 0) is 0 Å². The third-order valence-corrected chi connectivity index (χ3v) is 12.0. The van der Waals surface area contributed by atoms with Crippen molar-refractivity contribution in [2.45, 2.75) is 0 Å². The molecule has 8 nitrogen and oxygen atoms in total. The molecule has 10 aromatic rings. The average Bonchev–Trinajstić information content (AvgIpc) is 3.98. The molecule has 0 unspecified atom stereocenters. The second-order valence-electron chi connectivity index (χ2n) is 15.1. The Kier molecular flexibility index (Phi) is 7.07. The normalized spacial score (nSPS) is 13.7. The summed E-state index contributed by atoms with van der Waals surface area (Å²) in [6, 6.07) is 57.7. The highest BCUT2D eigenvalue weighted by Gasteiger charge is 2.41. The minimum absolute atomic E-state index is 0.356. The van der Waals surface area contributed by atoms with Crippen LogP contribution in [0, 0.1) is 0 Å². The Morgan fingerprint density at radius 1 is 0.283 bits per heavy atom. The first-order valence-corrected chi connectivity index (χ1v) is 19.7. The van der Waals surface area contributed by atoms with Crippen molar-refractivity contribution in [3.8, 4) is 22.5 Å². The molecule has 2 aromatic heterocycles. The molecule has 8 aromatic carbocycles. The molecule has 0 atom stereocenters. The van der Waals surface area contributed by atoms with E-state index in [0.717, 1.165) is 54.7 Å². The van der Waals surface area contributed by atoms with Crippen LogP contribution >= 0.6 is 0 Å². The minimum atomic E-state index is -0.383. The Morgan fingerprint density at radius 3 is 0.933 bits per heavy atom. The number of carbonyl (C=O) groups excluding carboxylic acids is 4. The third-order valence-electron chi connectivity index (χ3n) is 12.0. The first-order chi connectivity index (χ1) is 29.5. The van der Waals surface area contributed by atoms with Gasteiger partial charge in [-0.05, 0) is 83.9 Å². The molecule has 0 radical (unpaired) electrons. The summed E-state index contributed by atoms with van der Waals surface area (Å²) in [5, 5.41) is 4.26. The lowest BCUT2D eigenvalue weighted by molar-refractivity contribution is 0.0910. The molecular formula is C52H30N4O4. The van der Waals surface area contributed by atoms with E-state index in [9.17, 15) is 19.2 Å². The summed E-state index contributed by atoms with van der Waals surface area (Å²) in [6.07, 6.45) is 0.